The average molecular weight is 269 g/mol. The molecule has 0 spiro atoms. The first-order valence-corrected chi connectivity index (χ1v) is 7.18. The molecule has 0 bridgehead atoms. The quantitative estimate of drug-likeness (QED) is 0.804. The van der Waals surface area contributed by atoms with E-state index in [9.17, 15) is 14.7 Å². The van der Waals surface area contributed by atoms with E-state index >= 15 is 0 Å². The van der Waals surface area contributed by atoms with Crippen LogP contribution in [-0.4, -0.2) is 46.2 Å². The summed E-state index contributed by atoms with van der Waals surface area (Å²) in [6, 6.07) is -0.0512. The van der Waals surface area contributed by atoms with E-state index in [1.807, 2.05) is 4.90 Å². The van der Waals surface area contributed by atoms with Crippen molar-refractivity contribution in [2.24, 2.45) is 17.8 Å². The first-order valence-electron chi connectivity index (χ1n) is 7.18. The second kappa shape index (κ2) is 5.90. The summed E-state index contributed by atoms with van der Waals surface area (Å²) < 4.78 is 0. The Bertz CT molecular complexity index is 349. The monoisotopic (exact) mass is 269 g/mol. The largest absolute Gasteiger partial charge is 0.481 e. The van der Waals surface area contributed by atoms with Crippen LogP contribution in [0, 0.1) is 17.8 Å². The molecule has 0 aromatic rings. The molecule has 5 heteroatoms. The highest BCUT2D eigenvalue weighted by molar-refractivity contribution is 5.80. The minimum atomic E-state index is -0.742. The zero-order valence-electron chi connectivity index (χ0n) is 11.4. The molecule has 0 aromatic heterocycles. The van der Waals surface area contributed by atoms with Gasteiger partial charge in [0.25, 0.3) is 0 Å². The SMILES string of the molecule is CC1CCN(C(=O)C2CCC(C(=O)O)CC2)C1CO. The summed E-state index contributed by atoms with van der Waals surface area (Å²) in [6.45, 7) is 2.82. The lowest BCUT2D eigenvalue weighted by Gasteiger charge is -2.32. The van der Waals surface area contributed by atoms with Crippen LogP contribution in [0.2, 0.25) is 0 Å². The van der Waals surface area contributed by atoms with E-state index in [0.717, 1.165) is 13.0 Å². The zero-order valence-corrected chi connectivity index (χ0v) is 11.4. The van der Waals surface area contributed by atoms with Crippen LogP contribution in [0.3, 0.4) is 0 Å². The molecule has 108 valence electrons. The van der Waals surface area contributed by atoms with Crippen LogP contribution < -0.4 is 0 Å². The van der Waals surface area contributed by atoms with Crippen LogP contribution in [0.25, 0.3) is 0 Å². The highest BCUT2D eigenvalue weighted by Gasteiger charge is 2.38. The fourth-order valence-electron chi connectivity index (χ4n) is 3.38. The summed E-state index contributed by atoms with van der Waals surface area (Å²) in [5.41, 5.74) is 0. The molecular formula is C14H23NO4. The molecule has 2 N–H and O–H groups in total. The molecule has 1 heterocycles. The second-order valence-corrected chi connectivity index (χ2v) is 5.93. The van der Waals surface area contributed by atoms with Gasteiger partial charge in [0.1, 0.15) is 0 Å². The van der Waals surface area contributed by atoms with Crippen LogP contribution in [0.4, 0.5) is 0 Å². The Morgan fingerprint density at radius 2 is 1.68 bits per heavy atom. The van der Waals surface area contributed by atoms with Crippen molar-refractivity contribution in [3.05, 3.63) is 0 Å². The molecule has 2 aliphatic rings. The standard InChI is InChI=1S/C14H23NO4/c1-9-6-7-15(12(9)8-16)13(17)10-2-4-11(5-3-10)14(18)19/h9-12,16H,2-8H2,1H3,(H,18,19). The smallest absolute Gasteiger partial charge is 0.306 e. The lowest BCUT2D eigenvalue weighted by molar-refractivity contribution is -0.146. The number of rotatable bonds is 3. The number of likely N-dealkylation sites (tertiary alicyclic amines) is 1. The normalized spacial score (nSPS) is 35.4. The van der Waals surface area contributed by atoms with Crippen molar-refractivity contribution < 1.29 is 19.8 Å². The third-order valence-electron chi connectivity index (χ3n) is 4.78. The predicted molar refractivity (Wildman–Crippen MR) is 69.5 cm³/mol. The first-order chi connectivity index (χ1) is 9.04. The fraction of sp³-hybridized carbons (Fsp3) is 0.857. The van der Waals surface area contributed by atoms with Crippen LogP contribution in [0.1, 0.15) is 39.0 Å². The summed E-state index contributed by atoms with van der Waals surface area (Å²) in [5, 5.41) is 18.4. The molecule has 1 saturated heterocycles. The summed E-state index contributed by atoms with van der Waals surface area (Å²) >= 11 is 0. The lowest BCUT2D eigenvalue weighted by atomic mass is 9.81. The van der Waals surface area contributed by atoms with Crippen molar-refractivity contribution in [3.8, 4) is 0 Å². The van der Waals surface area contributed by atoms with Crippen molar-refractivity contribution in [1.82, 2.24) is 4.90 Å². The Hall–Kier alpha value is -1.10. The Morgan fingerprint density at radius 3 is 2.21 bits per heavy atom. The maximum absolute atomic E-state index is 12.5. The number of carboxylic acids is 1. The molecule has 1 amide bonds. The number of hydrogen-bond donors (Lipinski definition) is 2. The summed E-state index contributed by atoms with van der Waals surface area (Å²) in [7, 11) is 0. The minimum absolute atomic E-state index is 0.0252. The van der Waals surface area contributed by atoms with Crippen LogP contribution in [-0.2, 0) is 9.59 Å². The topological polar surface area (TPSA) is 77.8 Å². The summed E-state index contributed by atoms with van der Waals surface area (Å²) in [6.07, 6.45) is 3.47. The van der Waals surface area contributed by atoms with Gasteiger partial charge in [0.05, 0.1) is 18.6 Å². The average Bonchev–Trinajstić information content (AvgIpc) is 2.79. The van der Waals surface area contributed by atoms with E-state index in [0.29, 0.717) is 31.6 Å². The number of carboxylic acid groups (broad SMARTS) is 1. The number of hydrogen-bond acceptors (Lipinski definition) is 3. The molecule has 2 rings (SSSR count). The molecular weight excluding hydrogens is 246 g/mol. The van der Waals surface area contributed by atoms with Gasteiger partial charge in [-0.15, -0.1) is 0 Å². The van der Waals surface area contributed by atoms with E-state index in [1.165, 1.54) is 0 Å². The Morgan fingerprint density at radius 1 is 1.11 bits per heavy atom. The second-order valence-electron chi connectivity index (χ2n) is 5.93. The van der Waals surface area contributed by atoms with Gasteiger partial charge in [-0.05, 0) is 38.0 Å². The van der Waals surface area contributed by atoms with E-state index in [1.54, 1.807) is 0 Å². The third-order valence-corrected chi connectivity index (χ3v) is 4.78. The Kier molecular flexibility index (Phi) is 4.45. The van der Waals surface area contributed by atoms with E-state index in [2.05, 4.69) is 6.92 Å². The van der Waals surface area contributed by atoms with Crippen LogP contribution in [0.5, 0.6) is 0 Å². The summed E-state index contributed by atoms with van der Waals surface area (Å²) in [5.74, 6) is -0.601. The third kappa shape index (κ3) is 2.91. The number of aliphatic hydroxyl groups is 1. The van der Waals surface area contributed by atoms with Gasteiger partial charge < -0.3 is 15.1 Å². The van der Waals surface area contributed by atoms with E-state index < -0.39 is 5.97 Å². The highest BCUT2D eigenvalue weighted by Crippen LogP contribution is 2.33. The zero-order chi connectivity index (χ0) is 14.0. The molecule has 0 aromatic carbocycles. The van der Waals surface area contributed by atoms with Gasteiger partial charge in [0.2, 0.25) is 5.91 Å². The number of carbonyl (C=O) groups is 2. The summed E-state index contributed by atoms with van der Waals surface area (Å²) in [4.78, 5) is 25.2. The molecule has 5 nitrogen and oxygen atoms in total. The lowest BCUT2D eigenvalue weighted by Crippen LogP contribution is -2.44. The maximum Gasteiger partial charge on any atom is 0.306 e. The molecule has 0 radical (unpaired) electrons. The van der Waals surface area contributed by atoms with Gasteiger partial charge in [-0.25, -0.2) is 0 Å². The first kappa shape index (κ1) is 14.3. The maximum atomic E-state index is 12.5. The van der Waals surface area contributed by atoms with Crippen molar-refractivity contribution in [2.75, 3.05) is 13.2 Å². The number of aliphatic hydroxyl groups excluding tert-OH is 1. The van der Waals surface area contributed by atoms with Crippen molar-refractivity contribution >= 4 is 11.9 Å². The van der Waals surface area contributed by atoms with E-state index in [-0.39, 0.29) is 30.4 Å². The van der Waals surface area contributed by atoms with Gasteiger partial charge >= 0.3 is 5.97 Å². The predicted octanol–water partition coefficient (Wildman–Crippen LogP) is 1.11. The van der Waals surface area contributed by atoms with Crippen molar-refractivity contribution in [3.63, 3.8) is 0 Å². The van der Waals surface area contributed by atoms with Crippen molar-refractivity contribution in [2.45, 2.75) is 45.1 Å². The molecule has 1 saturated carbocycles. The number of amides is 1. The van der Waals surface area contributed by atoms with Gasteiger partial charge in [-0.2, -0.15) is 0 Å². The molecule has 2 atom stereocenters. The fourth-order valence-corrected chi connectivity index (χ4v) is 3.38. The minimum Gasteiger partial charge on any atom is -0.481 e. The molecule has 2 fully saturated rings. The van der Waals surface area contributed by atoms with Gasteiger partial charge in [-0.3, -0.25) is 9.59 Å². The van der Waals surface area contributed by atoms with Crippen molar-refractivity contribution in [1.29, 1.82) is 0 Å². The highest BCUT2D eigenvalue weighted by atomic mass is 16.4. The molecule has 2 unspecified atom stereocenters. The van der Waals surface area contributed by atoms with Crippen LogP contribution in [0.15, 0.2) is 0 Å². The van der Waals surface area contributed by atoms with Gasteiger partial charge in [0, 0.05) is 12.5 Å². The Balaban J connectivity index is 1.92. The van der Waals surface area contributed by atoms with Gasteiger partial charge in [-0.1, -0.05) is 6.92 Å². The van der Waals surface area contributed by atoms with Gasteiger partial charge in [0.15, 0.2) is 0 Å². The molecule has 19 heavy (non-hydrogen) atoms. The Labute approximate surface area is 113 Å². The van der Waals surface area contributed by atoms with Crippen LogP contribution >= 0.6 is 0 Å². The van der Waals surface area contributed by atoms with E-state index in [4.69, 9.17) is 5.11 Å². The molecule has 1 aliphatic carbocycles. The number of aliphatic carboxylic acids is 1. The number of carbonyl (C=O) groups excluding carboxylic acids is 1. The molecule has 1 aliphatic heterocycles. The number of nitrogens with zero attached hydrogens (tertiary/aromatic N) is 1.